The minimum Gasteiger partial charge on any atom is -0.402 e. The normalized spacial score (nSPS) is 13.3. The van der Waals surface area contributed by atoms with Gasteiger partial charge in [0.05, 0.1) is 23.7 Å². The summed E-state index contributed by atoms with van der Waals surface area (Å²) in [6, 6.07) is 5.64. The summed E-state index contributed by atoms with van der Waals surface area (Å²) in [6.07, 6.45) is 0. The topological polar surface area (TPSA) is 44.8 Å². The first-order chi connectivity index (χ1) is 9.43. The van der Waals surface area contributed by atoms with Crippen LogP contribution in [0.15, 0.2) is 18.2 Å². The van der Waals surface area contributed by atoms with E-state index in [0.717, 1.165) is 11.1 Å². The Balaban J connectivity index is 3.37. The molecule has 1 aromatic carbocycles. The quantitative estimate of drug-likeness (QED) is 0.611. The van der Waals surface area contributed by atoms with E-state index in [1.165, 1.54) is 0 Å². The van der Waals surface area contributed by atoms with E-state index in [4.69, 9.17) is 28.3 Å². The van der Waals surface area contributed by atoms with Gasteiger partial charge in [-0.3, -0.25) is 0 Å². The predicted octanol–water partition coefficient (Wildman–Crippen LogP) is 6.11. The molecular weight excluding hydrogens is 334 g/mol. The highest BCUT2D eigenvalue weighted by atomic mass is 35.5. The van der Waals surface area contributed by atoms with Crippen molar-refractivity contribution in [2.24, 2.45) is 0 Å². The molecule has 21 heavy (non-hydrogen) atoms. The van der Waals surface area contributed by atoms with Crippen molar-refractivity contribution < 1.29 is 17.2 Å². The second kappa shape index (κ2) is 6.47. The zero-order valence-electron chi connectivity index (χ0n) is 13.1. The third-order valence-electron chi connectivity index (χ3n) is 3.03. The molecule has 0 atom stereocenters. The summed E-state index contributed by atoms with van der Waals surface area (Å²) in [4.78, 5) is 0. The van der Waals surface area contributed by atoms with Crippen molar-refractivity contribution >= 4 is 31.6 Å². The summed E-state index contributed by atoms with van der Waals surface area (Å²) in [7, 11) is -4.02. The molecule has 0 saturated heterocycles. The van der Waals surface area contributed by atoms with Crippen molar-refractivity contribution in [3.63, 3.8) is 0 Å². The highest BCUT2D eigenvalue weighted by molar-refractivity contribution is 7.50. The average molecular weight is 355 g/mol. The third-order valence-corrected chi connectivity index (χ3v) is 4.81. The zero-order chi connectivity index (χ0) is 16.5. The molecular formula is C14H21Cl2O4P. The summed E-state index contributed by atoms with van der Waals surface area (Å²) in [5.41, 5.74) is 1.74. The summed E-state index contributed by atoms with van der Waals surface area (Å²) in [5, 5.41) is 0. The SMILES string of the molecule is CC(C)(C)c1ccc(OP(=O)(OCl)OCl)c(C(C)(C)C)c1. The first kappa shape index (κ1) is 18.8. The Bertz CT molecular complexity index is 539. The molecule has 0 radical (unpaired) electrons. The van der Waals surface area contributed by atoms with Crippen LogP contribution in [0.2, 0.25) is 0 Å². The van der Waals surface area contributed by atoms with Crippen LogP contribution in [0.3, 0.4) is 0 Å². The Kier molecular flexibility index (Phi) is 5.79. The van der Waals surface area contributed by atoms with Gasteiger partial charge in [0.1, 0.15) is 5.75 Å². The van der Waals surface area contributed by atoms with Gasteiger partial charge >= 0.3 is 7.82 Å². The van der Waals surface area contributed by atoms with Crippen LogP contribution in [0.25, 0.3) is 0 Å². The van der Waals surface area contributed by atoms with Gasteiger partial charge in [0.15, 0.2) is 0 Å². The van der Waals surface area contributed by atoms with Crippen LogP contribution >= 0.6 is 31.6 Å². The Labute approximate surface area is 136 Å². The molecule has 7 heteroatoms. The molecule has 0 amide bonds. The third kappa shape index (κ3) is 4.87. The predicted molar refractivity (Wildman–Crippen MR) is 86.0 cm³/mol. The summed E-state index contributed by atoms with van der Waals surface area (Å²) in [5.74, 6) is 0.361. The van der Waals surface area contributed by atoms with Gasteiger partial charge in [0.2, 0.25) is 0 Å². The fraction of sp³-hybridized carbons (Fsp3) is 0.571. The fourth-order valence-electron chi connectivity index (χ4n) is 1.82. The van der Waals surface area contributed by atoms with E-state index in [0.29, 0.717) is 5.75 Å². The van der Waals surface area contributed by atoms with Gasteiger partial charge in [-0.25, -0.2) is 4.57 Å². The maximum atomic E-state index is 12.0. The Hall–Kier alpha value is -0.250. The molecule has 0 bridgehead atoms. The molecule has 4 nitrogen and oxygen atoms in total. The van der Waals surface area contributed by atoms with Crippen LogP contribution in [-0.2, 0) is 23.5 Å². The minimum atomic E-state index is -4.02. The second-order valence-electron chi connectivity index (χ2n) is 6.89. The molecule has 0 aliphatic carbocycles. The van der Waals surface area contributed by atoms with Crippen LogP contribution in [0.1, 0.15) is 52.7 Å². The smallest absolute Gasteiger partial charge is 0.402 e. The van der Waals surface area contributed by atoms with E-state index in [2.05, 4.69) is 28.9 Å². The van der Waals surface area contributed by atoms with Crippen LogP contribution < -0.4 is 4.52 Å². The molecule has 1 aromatic rings. The molecule has 0 aromatic heterocycles. The fourth-order valence-corrected chi connectivity index (χ4v) is 2.72. The number of hydrogen-bond acceptors (Lipinski definition) is 4. The monoisotopic (exact) mass is 354 g/mol. The van der Waals surface area contributed by atoms with E-state index in [-0.39, 0.29) is 10.8 Å². The molecule has 0 unspecified atom stereocenters. The molecule has 0 N–H and O–H groups in total. The summed E-state index contributed by atoms with van der Waals surface area (Å²) >= 11 is 10.3. The largest absolute Gasteiger partial charge is 0.563 e. The van der Waals surface area contributed by atoms with Gasteiger partial charge in [-0.2, -0.15) is 8.15 Å². The second-order valence-corrected chi connectivity index (χ2v) is 9.07. The molecule has 0 saturated carbocycles. The summed E-state index contributed by atoms with van der Waals surface area (Å²) in [6.45, 7) is 12.4. The minimum absolute atomic E-state index is 0.0196. The van der Waals surface area contributed by atoms with Crippen LogP contribution in [0.4, 0.5) is 0 Å². The highest BCUT2D eigenvalue weighted by Gasteiger charge is 2.32. The highest BCUT2D eigenvalue weighted by Crippen LogP contribution is 2.53. The van der Waals surface area contributed by atoms with Gasteiger partial charge in [0.25, 0.3) is 0 Å². The maximum Gasteiger partial charge on any atom is 0.563 e. The number of halogens is 2. The molecule has 0 heterocycles. The number of benzene rings is 1. The van der Waals surface area contributed by atoms with Crippen LogP contribution in [0.5, 0.6) is 5.75 Å². The Morgan fingerprint density at radius 2 is 1.48 bits per heavy atom. The first-order valence-electron chi connectivity index (χ1n) is 6.48. The summed E-state index contributed by atoms with van der Waals surface area (Å²) < 4.78 is 25.6. The van der Waals surface area contributed by atoms with Crippen molar-refractivity contribution in [2.45, 2.75) is 52.4 Å². The maximum absolute atomic E-state index is 12.0. The molecule has 1 rings (SSSR count). The molecule has 0 aliphatic heterocycles. The van der Waals surface area contributed by atoms with Crippen molar-refractivity contribution in [2.75, 3.05) is 0 Å². The molecule has 0 aliphatic rings. The lowest BCUT2D eigenvalue weighted by Gasteiger charge is -2.27. The van der Waals surface area contributed by atoms with Gasteiger partial charge in [0, 0.05) is 5.56 Å². The van der Waals surface area contributed by atoms with Crippen molar-refractivity contribution in [1.82, 2.24) is 0 Å². The number of hydrogen-bond donors (Lipinski definition) is 0. The molecule has 0 fully saturated rings. The Morgan fingerprint density at radius 3 is 1.86 bits per heavy atom. The van der Waals surface area contributed by atoms with E-state index in [9.17, 15) is 4.57 Å². The average Bonchev–Trinajstić information content (AvgIpc) is 2.36. The van der Waals surface area contributed by atoms with Crippen molar-refractivity contribution in [3.05, 3.63) is 29.3 Å². The number of phosphoric acid groups is 1. The van der Waals surface area contributed by atoms with Gasteiger partial charge in [-0.05, 0) is 22.5 Å². The lowest BCUT2D eigenvalue weighted by molar-refractivity contribution is 0.315. The first-order valence-corrected chi connectivity index (χ1v) is 8.56. The van der Waals surface area contributed by atoms with E-state index in [1.807, 2.05) is 32.9 Å². The van der Waals surface area contributed by atoms with E-state index < -0.39 is 7.82 Å². The van der Waals surface area contributed by atoms with E-state index in [1.54, 1.807) is 6.07 Å². The lowest BCUT2D eigenvalue weighted by Crippen LogP contribution is -2.17. The zero-order valence-corrected chi connectivity index (χ0v) is 15.5. The van der Waals surface area contributed by atoms with Crippen LogP contribution in [0, 0.1) is 0 Å². The number of rotatable bonds is 4. The van der Waals surface area contributed by atoms with Gasteiger partial charge < -0.3 is 4.52 Å². The van der Waals surface area contributed by atoms with Gasteiger partial charge in [-0.15, -0.1) is 0 Å². The van der Waals surface area contributed by atoms with Crippen LogP contribution in [-0.4, -0.2) is 0 Å². The Morgan fingerprint density at radius 1 is 0.952 bits per heavy atom. The molecule has 120 valence electrons. The standard InChI is InChI=1S/C14H21Cl2O4P/c1-13(2,3)10-7-8-12(11(9-10)14(4,5)6)18-21(17,19-15)20-16/h7-9H,1-6H3. The lowest BCUT2D eigenvalue weighted by atomic mass is 9.80. The van der Waals surface area contributed by atoms with Gasteiger partial charge in [-0.1, -0.05) is 53.7 Å². The van der Waals surface area contributed by atoms with E-state index >= 15 is 0 Å². The molecule has 0 spiro atoms. The van der Waals surface area contributed by atoms with Crippen molar-refractivity contribution in [1.29, 1.82) is 0 Å². The van der Waals surface area contributed by atoms with Crippen molar-refractivity contribution in [3.8, 4) is 5.75 Å².